The zero-order valence-corrected chi connectivity index (χ0v) is 47.2. The van der Waals surface area contributed by atoms with Crippen LogP contribution in [0.15, 0.2) is 61.2 Å². The van der Waals surface area contributed by atoms with Crippen molar-refractivity contribution in [2.45, 2.75) is 114 Å². The van der Waals surface area contributed by atoms with Gasteiger partial charge in [0.15, 0.2) is 0 Å². The molecule has 12 heterocycles. The molecule has 4 unspecified atom stereocenters. The average molecular weight is 1110 g/mol. The van der Waals surface area contributed by atoms with E-state index in [0.717, 1.165) is 81.0 Å². The van der Waals surface area contributed by atoms with Crippen molar-refractivity contribution >= 4 is 86.7 Å². The molecule has 3 N–H and O–H groups in total. The van der Waals surface area contributed by atoms with Crippen LogP contribution >= 0.6 is 0 Å². The minimum atomic E-state index is -0.881. The number of rotatable bonds is 10. The van der Waals surface area contributed by atoms with Crippen LogP contribution in [0.3, 0.4) is 0 Å². The summed E-state index contributed by atoms with van der Waals surface area (Å²) in [6, 6.07) is 11.0. The van der Waals surface area contributed by atoms with Crippen molar-refractivity contribution in [1.82, 2.24) is 59.1 Å². The molecule has 81 heavy (non-hydrogen) atoms. The van der Waals surface area contributed by atoms with Crippen molar-refractivity contribution in [3.63, 3.8) is 0 Å². The third-order valence-electron chi connectivity index (χ3n) is 16.2. The van der Waals surface area contributed by atoms with Crippen molar-refractivity contribution in [3.8, 4) is 0 Å². The minimum Gasteiger partial charge on any atom is -0.444 e. The van der Waals surface area contributed by atoms with Crippen molar-refractivity contribution in [2.75, 3.05) is 101 Å². The normalized spacial score (nSPS) is 22.9. The first-order valence-corrected chi connectivity index (χ1v) is 28.1. The lowest BCUT2D eigenvalue weighted by Crippen LogP contribution is -2.54. The predicted molar refractivity (Wildman–Crippen MR) is 303 cm³/mol. The van der Waals surface area contributed by atoms with Crippen LogP contribution in [0.4, 0.5) is 39.7 Å². The van der Waals surface area contributed by atoms with E-state index in [2.05, 4.69) is 35.9 Å². The molecular weight excluding hydrogens is 1040 g/mol. The van der Waals surface area contributed by atoms with Crippen LogP contribution in [0.1, 0.15) is 118 Å². The fourth-order valence-electron chi connectivity index (χ4n) is 12.2. The van der Waals surface area contributed by atoms with Crippen molar-refractivity contribution in [3.05, 3.63) is 72.6 Å². The first-order chi connectivity index (χ1) is 38.9. The van der Waals surface area contributed by atoms with Crippen molar-refractivity contribution in [2.24, 2.45) is 0 Å². The molecule has 4 atom stereocenters. The van der Waals surface area contributed by atoms with Crippen LogP contribution in [0.5, 0.6) is 0 Å². The number of likely N-dealkylation sites (tertiary alicyclic amines) is 1. The maximum absolute atomic E-state index is 13.7. The van der Waals surface area contributed by atoms with Crippen LogP contribution in [0.25, 0.3) is 22.1 Å². The summed E-state index contributed by atoms with van der Waals surface area (Å²) in [6.07, 6.45) is 14.6. The molecular formula is C57H72N16O8. The van der Waals surface area contributed by atoms with E-state index in [9.17, 15) is 24.0 Å². The van der Waals surface area contributed by atoms with Crippen molar-refractivity contribution in [1.29, 1.82) is 0 Å². The molecule has 24 heteroatoms. The van der Waals surface area contributed by atoms with Gasteiger partial charge in [-0.2, -0.15) is 9.97 Å². The second-order valence-corrected chi connectivity index (χ2v) is 23.2. The number of hydrogen-bond donors (Lipinski definition) is 3. The maximum Gasteiger partial charge on any atom is 0.411 e. The lowest BCUT2D eigenvalue weighted by Gasteiger charge is -2.34. The molecule has 5 amide bonds. The van der Waals surface area contributed by atoms with Gasteiger partial charge in [0, 0.05) is 84.2 Å². The Labute approximate surface area is 469 Å². The lowest BCUT2D eigenvalue weighted by molar-refractivity contribution is -0.126. The van der Waals surface area contributed by atoms with E-state index in [1.807, 2.05) is 65.1 Å². The molecule has 6 aromatic rings. The zero-order chi connectivity index (χ0) is 56.8. The molecule has 6 saturated heterocycles. The Balaban J connectivity index is 0.000000173. The number of hydrogen-bond acceptors (Lipinski definition) is 17. The van der Waals surface area contributed by atoms with Gasteiger partial charge in [-0.1, -0.05) is 0 Å². The molecule has 0 radical (unpaired) electrons. The molecule has 6 aliphatic rings. The largest absolute Gasteiger partial charge is 0.444 e. The molecule has 0 aliphatic carbocycles. The van der Waals surface area contributed by atoms with Gasteiger partial charge in [0.1, 0.15) is 51.0 Å². The van der Waals surface area contributed by atoms with Gasteiger partial charge in [0.25, 0.3) is 17.7 Å². The lowest BCUT2D eigenvalue weighted by atomic mass is 9.94. The summed E-state index contributed by atoms with van der Waals surface area (Å²) in [4.78, 5) is 102. The van der Waals surface area contributed by atoms with Gasteiger partial charge in [0.2, 0.25) is 17.8 Å². The van der Waals surface area contributed by atoms with Gasteiger partial charge < -0.3 is 58.9 Å². The Bertz CT molecular complexity index is 3340. The number of anilines is 6. The number of amides is 5. The summed E-state index contributed by atoms with van der Waals surface area (Å²) in [5, 5.41) is 11.3. The van der Waals surface area contributed by atoms with Gasteiger partial charge in [-0.15, -0.1) is 0 Å². The topological polar surface area (TPSA) is 253 Å². The van der Waals surface area contributed by atoms with Crippen molar-refractivity contribution < 1.29 is 38.2 Å². The number of carbonyl (C=O) groups is 5. The summed E-state index contributed by atoms with van der Waals surface area (Å²) < 4.78 is 21.0. The summed E-state index contributed by atoms with van der Waals surface area (Å²) >= 11 is 0. The molecule has 6 aliphatic heterocycles. The highest BCUT2D eigenvalue weighted by atomic mass is 16.6. The summed E-state index contributed by atoms with van der Waals surface area (Å²) in [6.45, 7) is 10.6. The third-order valence-corrected chi connectivity index (χ3v) is 16.2. The monoisotopic (exact) mass is 1110 g/mol. The molecule has 12 rings (SSSR count). The van der Waals surface area contributed by atoms with E-state index in [0.29, 0.717) is 104 Å². The van der Waals surface area contributed by atoms with Crippen LogP contribution in [0.2, 0.25) is 0 Å². The highest BCUT2D eigenvalue weighted by molar-refractivity contribution is 6.05. The standard InChI is InChI=1S/C31H40N8O5.C26H32N8O3/c1-30(2,3)44-29(42)38-13-7-11-31(38)12-14-37(27(31)41)21-9-10-24(32-18-21)34-28-33-17-20-16-23(26(40)36(4)5)39(25(20)35-28)22-8-6-15-43-19-22;1-32(2)23(35)20-13-17-14-28-25(31-22(17)34(20)19-5-3-12-37-16-19)30-21-7-6-18(15-27-21)33-11-9-26(24(33)36)8-4-10-29-26/h9-10,16-18,22H,6-8,11-15,19H2,1-5H3,(H,32,33,34,35);6-7,13-15,19,29H,3-5,8-12,16H2,1-2H3,(H,27,28,30,31). The molecule has 0 bridgehead atoms. The Morgan fingerprint density at radius 2 is 1.19 bits per heavy atom. The first kappa shape index (κ1) is 55.1. The van der Waals surface area contributed by atoms with Crippen LogP contribution in [-0.2, 0) is 23.8 Å². The Hall–Kier alpha value is -7.83. The molecule has 0 aromatic carbocycles. The second kappa shape index (κ2) is 22.3. The van der Waals surface area contributed by atoms with Crippen LogP contribution in [0, 0.1) is 0 Å². The average Bonchev–Trinajstić information content (AvgIpc) is 4.50. The Kier molecular flexibility index (Phi) is 15.1. The van der Waals surface area contributed by atoms with Gasteiger partial charge >= 0.3 is 6.09 Å². The third kappa shape index (κ3) is 10.8. The number of nitrogens with zero attached hydrogens (tertiary/aromatic N) is 13. The second-order valence-electron chi connectivity index (χ2n) is 23.2. The van der Waals surface area contributed by atoms with E-state index >= 15 is 0 Å². The van der Waals surface area contributed by atoms with E-state index < -0.39 is 22.8 Å². The smallest absolute Gasteiger partial charge is 0.411 e. The quantitative estimate of drug-likeness (QED) is 0.130. The highest BCUT2D eigenvalue weighted by Gasteiger charge is 2.56. The molecule has 6 aromatic heterocycles. The number of pyridine rings is 2. The highest BCUT2D eigenvalue weighted by Crippen LogP contribution is 2.42. The fraction of sp³-hybridized carbons (Fsp3) is 0.526. The Morgan fingerprint density at radius 1 is 0.654 bits per heavy atom. The number of nitrogens with one attached hydrogen (secondary N) is 3. The molecule has 6 fully saturated rings. The van der Waals surface area contributed by atoms with Gasteiger partial charge in [-0.3, -0.25) is 24.1 Å². The van der Waals surface area contributed by atoms with E-state index in [1.54, 1.807) is 78.6 Å². The minimum absolute atomic E-state index is 0.00675. The molecule has 24 nitrogen and oxygen atoms in total. The summed E-state index contributed by atoms with van der Waals surface area (Å²) in [5.74, 6) is 1.66. The molecule has 428 valence electrons. The zero-order valence-electron chi connectivity index (χ0n) is 47.2. The first-order valence-electron chi connectivity index (χ1n) is 28.1. The molecule has 0 saturated carbocycles. The van der Waals surface area contributed by atoms with E-state index in [4.69, 9.17) is 24.2 Å². The Morgan fingerprint density at radius 3 is 1.64 bits per heavy atom. The van der Waals surface area contributed by atoms with E-state index in [-0.39, 0.29) is 35.7 Å². The van der Waals surface area contributed by atoms with Gasteiger partial charge in [-0.25, -0.2) is 24.7 Å². The summed E-state index contributed by atoms with van der Waals surface area (Å²) in [5.41, 5.74) is 2.00. The van der Waals surface area contributed by atoms with E-state index in [1.165, 1.54) is 0 Å². The number of carbonyl (C=O) groups excluding carboxylic acids is 5. The number of aromatic nitrogens is 8. The van der Waals surface area contributed by atoms with Gasteiger partial charge in [-0.05, 0) is 128 Å². The number of fused-ring (bicyclic) bond motifs is 2. The SMILES string of the molecule is CN(C)C(=O)c1cc2cnc(Nc3ccc(N4CCC5(CCCN5)C4=O)cn3)nc2n1C1CCCOC1.CN(C)C(=O)c1cc2cnc(Nc3ccc(N4CCC5(CCCN5C(=O)OC(C)(C)C)C4=O)cn3)nc2n1C1CCCOC1. The van der Waals surface area contributed by atoms with Crippen LogP contribution in [-0.4, -0.2) is 181 Å². The number of ether oxygens (including phenoxy) is 3. The molecule has 2 spiro atoms. The van der Waals surface area contributed by atoms with Gasteiger partial charge in [0.05, 0.1) is 49.1 Å². The van der Waals surface area contributed by atoms with Crippen LogP contribution < -0.4 is 25.8 Å². The predicted octanol–water partition coefficient (Wildman–Crippen LogP) is 6.61. The maximum atomic E-state index is 13.7. The summed E-state index contributed by atoms with van der Waals surface area (Å²) in [7, 11) is 6.96. The fourth-order valence-corrected chi connectivity index (χ4v) is 12.2.